The van der Waals surface area contributed by atoms with Crippen molar-refractivity contribution in [3.63, 3.8) is 0 Å². The Hall–Kier alpha value is -2.75. The fraction of sp³-hybridized carbons (Fsp3) is 0.250. The van der Waals surface area contributed by atoms with Crippen LogP contribution in [-0.2, 0) is 11.2 Å². The van der Waals surface area contributed by atoms with Crippen LogP contribution in [0.2, 0.25) is 0 Å². The van der Waals surface area contributed by atoms with Gasteiger partial charge in [0.2, 0.25) is 0 Å². The molecule has 4 heteroatoms. The first-order valence-electron chi connectivity index (χ1n) is 8.20. The summed E-state index contributed by atoms with van der Waals surface area (Å²) in [5, 5.41) is 1.81. The molecule has 0 radical (unpaired) electrons. The van der Waals surface area contributed by atoms with E-state index in [9.17, 15) is 4.79 Å². The quantitative estimate of drug-likeness (QED) is 0.639. The summed E-state index contributed by atoms with van der Waals surface area (Å²) in [6.45, 7) is 2.03. The first-order chi connectivity index (χ1) is 11.8. The fourth-order valence-corrected chi connectivity index (χ4v) is 2.71. The molecule has 3 aromatic rings. The number of pyridine rings is 2. The highest BCUT2D eigenvalue weighted by atomic mass is 16.5. The zero-order chi connectivity index (χ0) is 16.8. The van der Waals surface area contributed by atoms with E-state index < -0.39 is 0 Å². The van der Waals surface area contributed by atoms with E-state index in [4.69, 9.17) is 4.74 Å². The Morgan fingerprint density at radius 1 is 1.08 bits per heavy atom. The van der Waals surface area contributed by atoms with E-state index in [0.29, 0.717) is 5.56 Å². The molecule has 0 bridgehead atoms. The molecule has 2 heterocycles. The van der Waals surface area contributed by atoms with E-state index in [-0.39, 0.29) is 12.1 Å². The van der Waals surface area contributed by atoms with Crippen LogP contribution in [0.4, 0.5) is 0 Å². The van der Waals surface area contributed by atoms with Gasteiger partial charge in [-0.25, -0.2) is 4.79 Å². The van der Waals surface area contributed by atoms with Gasteiger partial charge in [-0.05, 0) is 36.3 Å². The van der Waals surface area contributed by atoms with Crippen molar-refractivity contribution in [3.05, 3.63) is 72.3 Å². The third kappa shape index (κ3) is 3.77. The molecule has 2 aromatic heterocycles. The number of fused-ring (bicyclic) bond motifs is 1. The predicted octanol–water partition coefficient (Wildman–Crippen LogP) is 4.20. The number of aryl methyl sites for hydroxylation is 1. The van der Waals surface area contributed by atoms with Crippen molar-refractivity contribution in [3.8, 4) is 0 Å². The highest BCUT2D eigenvalue weighted by molar-refractivity contribution is 6.03. The van der Waals surface area contributed by atoms with Crippen molar-refractivity contribution in [1.82, 2.24) is 9.97 Å². The van der Waals surface area contributed by atoms with Crippen LogP contribution in [0, 0.1) is 0 Å². The topological polar surface area (TPSA) is 52.1 Å². The summed E-state index contributed by atoms with van der Waals surface area (Å²) in [6.07, 6.45) is 9.24. The third-order valence-corrected chi connectivity index (χ3v) is 4.09. The van der Waals surface area contributed by atoms with Gasteiger partial charge in [0.05, 0.1) is 5.56 Å². The van der Waals surface area contributed by atoms with Crippen molar-refractivity contribution in [2.45, 2.75) is 32.3 Å². The molecule has 1 aromatic carbocycles. The van der Waals surface area contributed by atoms with Gasteiger partial charge in [-0.2, -0.15) is 0 Å². The normalized spacial score (nSPS) is 12.0. The Morgan fingerprint density at radius 3 is 2.75 bits per heavy atom. The molecular formula is C20H20N2O2. The number of rotatable bonds is 6. The van der Waals surface area contributed by atoms with Gasteiger partial charge < -0.3 is 4.74 Å². The van der Waals surface area contributed by atoms with Gasteiger partial charge in [-0.1, -0.05) is 37.3 Å². The average Bonchev–Trinajstić information content (AvgIpc) is 2.65. The van der Waals surface area contributed by atoms with Gasteiger partial charge in [0.25, 0.3) is 0 Å². The van der Waals surface area contributed by atoms with E-state index in [0.717, 1.165) is 35.6 Å². The number of benzene rings is 1. The second kappa shape index (κ2) is 7.68. The summed E-state index contributed by atoms with van der Waals surface area (Å²) in [5.74, 6) is -0.308. The Kier molecular flexibility index (Phi) is 5.16. The molecule has 1 unspecified atom stereocenters. The monoisotopic (exact) mass is 320 g/mol. The Morgan fingerprint density at radius 2 is 1.96 bits per heavy atom. The number of carbonyl (C=O) groups is 1. The number of esters is 1. The summed E-state index contributed by atoms with van der Waals surface area (Å²) in [4.78, 5) is 20.8. The summed E-state index contributed by atoms with van der Waals surface area (Å²) in [7, 11) is 0. The summed E-state index contributed by atoms with van der Waals surface area (Å²) >= 11 is 0. The van der Waals surface area contributed by atoms with Crippen LogP contribution >= 0.6 is 0 Å². The van der Waals surface area contributed by atoms with Crippen LogP contribution in [0.1, 0.15) is 35.7 Å². The number of ether oxygens (including phenoxy) is 1. The van der Waals surface area contributed by atoms with Crippen molar-refractivity contribution in [1.29, 1.82) is 0 Å². The Balaban J connectivity index is 1.70. The molecule has 1 atom stereocenters. The molecule has 0 fully saturated rings. The molecule has 0 aliphatic heterocycles. The second-order valence-corrected chi connectivity index (χ2v) is 5.74. The minimum absolute atomic E-state index is 0.114. The standard InChI is InChI=1S/C20H20N2O2/c1-2-17(10-9-15-6-5-11-21-12-15)24-20(23)19-14-22-13-16-7-3-4-8-18(16)19/h3-8,11-14,17H,2,9-10H2,1H3. The number of aromatic nitrogens is 2. The minimum atomic E-state index is -0.308. The Bertz CT molecular complexity index is 813. The lowest BCUT2D eigenvalue weighted by molar-refractivity contribution is 0.0275. The molecule has 0 saturated heterocycles. The second-order valence-electron chi connectivity index (χ2n) is 5.74. The smallest absolute Gasteiger partial charge is 0.340 e. The average molecular weight is 320 g/mol. The predicted molar refractivity (Wildman–Crippen MR) is 93.8 cm³/mol. The van der Waals surface area contributed by atoms with Gasteiger partial charge in [-0.15, -0.1) is 0 Å². The van der Waals surface area contributed by atoms with Gasteiger partial charge in [0.15, 0.2) is 0 Å². The molecule has 4 nitrogen and oxygen atoms in total. The number of carbonyl (C=O) groups excluding carboxylic acids is 1. The molecule has 0 spiro atoms. The van der Waals surface area contributed by atoms with E-state index >= 15 is 0 Å². The number of hydrogen-bond acceptors (Lipinski definition) is 4. The van der Waals surface area contributed by atoms with Crippen LogP contribution < -0.4 is 0 Å². The van der Waals surface area contributed by atoms with Gasteiger partial charge >= 0.3 is 5.97 Å². The highest BCUT2D eigenvalue weighted by Crippen LogP contribution is 2.19. The van der Waals surface area contributed by atoms with Crippen LogP contribution in [0.15, 0.2) is 61.2 Å². The zero-order valence-corrected chi connectivity index (χ0v) is 13.7. The van der Waals surface area contributed by atoms with E-state index in [1.165, 1.54) is 0 Å². The molecule has 0 aliphatic carbocycles. The molecule has 0 aliphatic rings. The van der Waals surface area contributed by atoms with Crippen molar-refractivity contribution < 1.29 is 9.53 Å². The van der Waals surface area contributed by atoms with E-state index in [2.05, 4.69) is 9.97 Å². The largest absolute Gasteiger partial charge is 0.459 e. The van der Waals surface area contributed by atoms with Crippen molar-refractivity contribution in [2.24, 2.45) is 0 Å². The maximum atomic E-state index is 12.6. The van der Waals surface area contributed by atoms with Crippen LogP contribution in [0.3, 0.4) is 0 Å². The number of hydrogen-bond donors (Lipinski definition) is 0. The first-order valence-corrected chi connectivity index (χ1v) is 8.20. The SMILES string of the molecule is CCC(CCc1cccnc1)OC(=O)c1cncc2ccccc12. The number of nitrogens with zero attached hydrogens (tertiary/aromatic N) is 2. The minimum Gasteiger partial charge on any atom is -0.459 e. The van der Waals surface area contributed by atoms with Crippen LogP contribution in [0.25, 0.3) is 10.8 Å². The van der Waals surface area contributed by atoms with Crippen molar-refractivity contribution in [2.75, 3.05) is 0 Å². The maximum absolute atomic E-state index is 12.6. The van der Waals surface area contributed by atoms with Gasteiger partial charge in [0.1, 0.15) is 6.10 Å². The van der Waals surface area contributed by atoms with Gasteiger partial charge in [0, 0.05) is 30.2 Å². The molecule has 122 valence electrons. The molecular weight excluding hydrogens is 300 g/mol. The molecule has 3 rings (SSSR count). The highest BCUT2D eigenvalue weighted by Gasteiger charge is 2.17. The first kappa shape index (κ1) is 16.1. The van der Waals surface area contributed by atoms with Gasteiger partial charge in [-0.3, -0.25) is 9.97 Å². The lowest BCUT2D eigenvalue weighted by atomic mass is 10.1. The van der Waals surface area contributed by atoms with Crippen LogP contribution in [-0.4, -0.2) is 22.0 Å². The molecule has 24 heavy (non-hydrogen) atoms. The third-order valence-electron chi connectivity index (χ3n) is 4.09. The Labute approximate surface area is 141 Å². The molecule has 0 N–H and O–H groups in total. The maximum Gasteiger partial charge on any atom is 0.340 e. The van der Waals surface area contributed by atoms with Crippen molar-refractivity contribution >= 4 is 16.7 Å². The van der Waals surface area contributed by atoms with Crippen LogP contribution in [0.5, 0.6) is 0 Å². The lowest BCUT2D eigenvalue weighted by Crippen LogP contribution is -2.18. The zero-order valence-electron chi connectivity index (χ0n) is 13.7. The summed E-state index contributed by atoms with van der Waals surface area (Å²) < 4.78 is 5.72. The van der Waals surface area contributed by atoms with E-state index in [1.54, 1.807) is 18.6 Å². The lowest BCUT2D eigenvalue weighted by Gasteiger charge is -2.16. The van der Waals surface area contributed by atoms with E-state index in [1.807, 2.05) is 49.5 Å². The summed E-state index contributed by atoms with van der Waals surface area (Å²) in [5.41, 5.74) is 1.67. The molecule has 0 amide bonds. The molecule has 0 saturated carbocycles. The summed E-state index contributed by atoms with van der Waals surface area (Å²) in [6, 6.07) is 11.7. The fourth-order valence-electron chi connectivity index (χ4n) is 2.71.